The quantitative estimate of drug-likeness (QED) is 0.770. The fourth-order valence-electron chi connectivity index (χ4n) is 1.61. The molecule has 0 amide bonds. The monoisotopic (exact) mass is 223 g/mol. The Morgan fingerprint density at radius 3 is 2.62 bits per heavy atom. The molecule has 0 unspecified atom stereocenters. The summed E-state index contributed by atoms with van der Waals surface area (Å²) in [6, 6.07) is 7.00. The zero-order chi connectivity index (χ0) is 12.0. The lowest BCUT2D eigenvalue weighted by molar-refractivity contribution is -0.138. The predicted molar refractivity (Wildman–Crippen MR) is 61.3 cm³/mol. The number of aliphatic carboxylic acids is 1. The van der Waals surface area contributed by atoms with E-state index in [9.17, 15) is 9.90 Å². The summed E-state index contributed by atoms with van der Waals surface area (Å²) in [5.74, 6) is -0.627. The maximum Gasteiger partial charge on any atom is 0.317 e. The number of rotatable bonds is 6. The number of carboxylic acids is 1. The van der Waals surface area contributed by atoms with Crippen molar-refractivity contribution >= 4 is 5.97 Å². The van der Waals surface area contributed by atoms with Crippen molar-refractivity contribution < 1.29 is 15.0 Å². The first kappa shape index (κ1) is 12.5. The molecule has 0 radical (unpaired) electrons. The maximum absolute atomic E-state index is 10.7. The highest BCUT2D eigenvalue weighted by molar-refractivity contribution is 5.69. The molecule has 0 bridgehead atoms. The van der Waals surface area contributed by atoms with Gasteiger partial charge in [-0.3, -0.25) is 9.69 Å². The van der Waals surface area contributed by atoms with Gasteiger partial charge in [-0.05, 0) is 19.0 Å². The number of aromatic hydroxyl groups is 1. The summed E-state index contributed by atoms with van der Waals surface area (Å²) in [6.07, 6.45) is 0.890. The first-order valence-electron chi connectivity index (χ1n) is 5.34. The molecule has 1 aromatic carbocycles. The number of hydrogen-bond donors (Lipinski definition) is 2. The lowest BCUT2D eigenvalue weighted by Crippen LogP contribution is -2.30. The van der Waals surface area contributed by atoms with Gasteiger partial charge in [0.05, 0.1) is 6.54 Å². The highest BCUT2D eigenvalue weighted by Gasteiger charge is 2.11. The molecule has 16 heavy (non-hydrogen) atoms. The van der Waals surface area contributed by atoms with E-state index in [2.05, 4.69) is 0 Å². The molecule has 0 atom stereocenters. The highest BCUT2D eigenvalue weighted by Crippen LogP contribution is 2.17. The van der Waals surface area contributed by atoms with Crippen molar-refractivity contribution in [2.24, 2.45) is 0 Å². The predicted octanol–water partition coefficient (Wildman–Crippen LogP) is 1.69. The van der Waals surface area contributed by atoms with Crippen LogP contribution in [0.3, 0.4) is 0 Å². The summed E-state index contributed by atoms with van der Waals surface area (Å²) in [5.41, 5.74) is 0.761. The zero-order valence-corrected chi connectivity index (χ0v) is 9.39. The van der Waals surface area contributed by atoms with E-state index in [0.29, 0.717) is 13.1 Å². The van der Waals surface area contributed by atoms with Gasteiger partial charge in [0.2, 0.25) is 0 Å². The van der Waals surface area contributed by atoms with Crippen molar-refractivity contribution in [3.8, 4) is 5.75 Å². The number of para-hydroxylation sites is 1. The van der Waals surface area contributed by atoms with Crippen LogP contribution in [0.1, 0.15) is 18.9 Å². The minimum absolute atomic E-state index is 0.00216. The van der Waals surface area contributed by atoms with E-state index in [-0.39, 0.29) is 12.3 Å². The van der Waals surface area contributed by atoms with Gasteiger partial charge in [0.1, 0.15) is 5.75 Å². The van der Waals surface area contributed by atoms with Gasteiger partial charge in [-0.25, -0.2) is 0 Å². The first-order chi connectivity index (χ1) is 7.63. The topological polar surface area (TPSA) is 60.8 Å². The van der Waals surface area contributed by atoms with E-state index in [4.69, 9.17) is 5.11 Å². The third-order valence-electron chi connectivity index (χ3n) is 2.28. The number of carbonyl (C=O) groups is 1. The zero-order valence-electron chi connectivity index (χ0n) is 9.39. The first-order valence-corrected chi connectivity index (χ1v) is 5.34. The van der Waals surface area contributed by atoms with Gasteiger partial charge < -0.3 is 10.2 Å². The minimum Gasteiger partial charge on any atom is -0.508 e. The molecule has 0 aromatic heterocycles. The molecule has 88 valence electrons. The Kier molecular flexibility index (Phi) is 4.79. The third-order valence-corrected chi connectivity index (χ3v) is 2.28. The van der Waals surface area contributed by atoms with Crippen molar-refractivity contribution in [3.05, 3.63) is 29.8 Å². The molecule has 0 saturated carbocycles. The number of hydrogen-bond acceptors (Lipinski definition) is 3. The molecule has 1 rings (SSSR count). The van der Waals surface area contributed by atoms with Gasteiger partial charge >= 0.3 is 5.97 Å². The number of phenols is 1. The van der Waals surface area contributed by atoms with Crippen LogP contribution in [-0.2, 0) is 11.3 Å². The number of phenolic OH excluding ortho intramolecular Hbond substituents is 1. The average molecular weight is 223 g/mol. The molecule has 0 aliphatic heterocycles. The van der Waals surface area contributed by atoms with Crippen molar-refractivity contribution in [1.29, 1.82) is 0 Å². The van der Waals surface area contributed by atoms with Gasteiger partial charge in [-0.2, -0.15) is 0 Å². The largest absolute Gasteiger partial charge is 0.508 e. The van der Waals surface area contributed by atoms with Crippen molar-refractivity contribution in [2.45, 2.75) is 19.9 Å². The molecule has 4 nitrogen and oxygen atoms in total. The molecule has 4 heteroatoms. The van der Waals surface area contributed by atoms with Crippen LogP contribution in [0.15, 0.2) is 24.3 Å². The number of carboxylic acid groups (broad SMARTS) is 1. The van der Waals surface area contributed by atoms with E-state index in [1.165, 1.54) is 0 Å². The lowest BCUT2D eigenvalue weighted by atomic mass is 10.2. The molecule has 2 N–H and O–H groups in total. The third kappa shape index (κ3) is 3.90. The van der Waals surface area contributed by atoms with Crippen LogP contribution in [0.25, 0.3) is 0 Å². The molecular formula is C12H17NO3. The summed E-state index contributed by atoms with van der Waals surface area (Å²) in [5, 5.41) is 18.3. The summed E-state index contributed by atoms with van der Waals surface area (Å²) < 4.78 is 0. The van der Waals surface area contributed by atoms with E-state index in [1.807, 2.05) is 13.0 Å². The second-order valence-electron chi connectivity index (χ2n) is 3.73. The molecule has 0 aliphatic rings. The van der Waals surface area contributed by atoms with Crippen LogP contribution in [0.5, 0.6) is 5.75 Å². The molecule has 0 fully saturated rings. The lowest BCUT2D eigenvalue weighted by Gasteiger charge is -2.19. The number of benzene rings is 1. The highest BCUT2D eigenvalue weighted by atomic mass is 16.4. The number of nitrogens with zero attached hydrogens (tertiary/aromatic N) is 1. The van der Waals surface area contributed by atoms with Gasteiger partial charge in [-0.15, -0.1) is 0 Å². The van der Waals surface area contributed by atoms with Crippen LogP contribution in [0, 0.1) is 0 Å². The molecule has 0 spiro atoms. The molecule has 0 heterocycles. The van der Waals surface area contributed by atoms with E-state index in [1.54, 1.807) is 23.1 Å². The minimum atomic E-state index is -0.844. The van der Waals surface area contributed by atoms with Crippen LogP contribution >= 0.6 is 0 Å². The Balaban J connectivity index is 2.67. The van der Waals surface area contributed by atoms with Crippen LogP contribution < -0.4 is 0 Å². The van der Waals surface area contributed by atoms with Gasteiger partial charge in [0, 0.05) is 12.1 Å². The fraction of sp³-hybridized carbons (Fsp3) is 0.417. The SMILES string of the molecule is CCCN(CC(=O)O)Cc1ccccc1O. The maximum atomic E-state index is 10.7. The van der Waals surface area contributed by atoms with Crippen LogP contribution in [-0.4, -0.2) is 34.2 Å². The Hall–Kier alpha value is -1.55. The summed E-state index contributed by atoms with van der Waals surface area (Å²) in [6.45, 7) is 3.18. The van der Waals surface area contributed by atoms with E-state index >= 15 is 0 Å². The normalized spacial score (nSPS) is 10.6. The Morgan fingerprint density at radius 1 is 1.38 bits per heavy atom. The Labute approximate surface area is 95.1 Å². The fourth-order valence-corrected chi connectivity index (χ4v) is 1.61. The van der Waals surface area contributed by atoms with Crippen molar-refractivity contribution in [2.75, 3.05) is 13.1 Å². The van der Waals surface area contributed by atoms with Crippen molar-refractivity contribution in [1.82, 2.24) is 4.90 Å². The summed E-state index contributed by atoms with van der Waals surface area (Å²) in [4.78, 5) is 12.5. The van der Waals surface area contributed by atoms with Gasteiger partial charge in [0.15, 0.2) is 0 Å². The standard InChI is InChI=1S/C12H17NO3/c1-2-7-13(9-12(15)16)8-10-5-3-4-6-11(10)14/h3-6,14H,2,7-9H2,1H3,(H,15,16). The van der Waals surface area contributed by atoms with Crippen LogP contribution in [0.4, 0.5) is 0 Å². The molecule has 0 aliphatic carbocycles. The van der Waals surface area contributed by atoms with E-state index < -0.39 is 5.97 Å². The molecule has 1 aromatic rings. The van der Waals surface area contributed by atoms with Crippen molar-refractivity contribution in [3.63, 3.8) is 0 Å². The van der Waals surface area contributed by atoms with Gasteiger partial charge in [0.25, 0.3) is 0 Å². The Bertz CT molecular complexity index is 352. The summed E-state index contributed by atoms with van der Waals surface area (Å²) in [7, 11) is 0. The molecular weight excluding hydrogens is 206 g/mol. The van der Waals surface area contributed by atoms with E-state index in [0.717, 1.165) is 12.0 Å². The second-order valence-corrected chi connectivity index (χ2v) is 3.73. The van der Waals surface area contributed by atoms with Gasteiger partial charge in [-0.1, -0.05) is 25.1 Å². The Morgan fingerprint density at radius 2 is 2.06 bits per heavy atom. The summed E-state index contributed by atoms with van der Waals surface area (Å²) >= 11 is 0. The second kappa shape index (κ2) is 6.12. The van der Waals surface area contributed by atoms with Crippen LogP contribution in [0.2, 0.25) is 0 Å². The smallest absolute Gasteiger partial charge is 0.317 e. The average Bonchev–Trinajstić information content (AvgIpc) is 2.21. The molecule has 0 saturated heterocycles.